The van der Waals surface area contributed by atoms with Gasteiger partial charge >= 0.3 is 0 Å². The highest BCUT2D eigenvalue weighted by Gasteiger charge is 2.11. The number of aliphatic hydroxyl groups excluding tert-OH is 1. The van der Waals surface area contributed by atoms with Crippen LogP contribution >= 0.6 is 0 Å². The minimum atomic E-state index is 0.0770. The van der Waals surface area contributed by atoms with Crippen molar-refractivity contribution < 1.29 is 9.94 Å². The van der Waals surface area contributed by atoms with Crippen LogP contribution in [0.2, 0.25) is 0 Å². The van der Waals surface area contributed by atoms with Gasteiger partial charge in [-0.25, -0.2) is 0 Å². The molecule has 0 spiro atoms. The van der Waals surface area contributed by atoms with Gasteiger partial charge in [-0.2, -0.15) is 5.06 Å². The zero-order valence-electron chi connectivity index (χ0n) is 15.1. The Morgan fingerprint density at radius 2 is 1.42 bits per heavy atom. The molecule has 1 N–H and O–H groups in total. The molecule has 134 valence electrons. The monoisotopic (exact) mass is 347 g/mol. The van der Waals surface area contributed by atoms with Crippen molar-refractivity contribution in [2.45, 2.75) is 13.5 Å². The molecule has 3 rings (SSSR count). The zero-order valence-corrected chi connectivity index (χ0v) is 15.1. The molecule has 3 nitrogen and oxygen atoms in total. The van der Waals surface area contributed by atoms with E-state index < -0.39 is 0 Å². The summed E-state index contributed by atoms with van der Waals surface area (Å²) in [6, 6.07) is 27.4. The molecular formula is C23H25NO2. The van der Waals surface area contributed by atoms with Crippen molar-refractivity contribution in [1.82, 2.24) is 5.06 Å². The SMILES string of the molecule is CCON(CCO)Cc1ccc(-c2ccccc2)c(-c2ccccc2)c1. The molecular weight excluding hydrogens is 322 g/mol. The fraction of sp³-hybridized carbons (Fsp3) is 0.217. The molecule has 0 unspecified atom stereocenters. The molecule has 3 heteroatoms. The maximum atomic E-state index is 9.25. The smallest absolute Gasteiger partial charge is 0.0657 e. The van der Waals surface area contributed by atoms with Crippen LogP contribution in [0.1, 0.15) is 12.5 Å². The van der Waals surface area contributed by atoms with Gasteiger partial charge in [0.1, 0.15) is 0 Å². The Labute approximate surface area is 155 Å². The molecule has 0 radical (unpaired) electrons. The van der Waals surface area contributed by atoms with Gasteiger partial charge < -0.3 is 5.11 Å². The standard InChI is InChI=1S/C23H25NO2/c1-2-26-24(15-16-25)18-19-13-14-22(20-9-5-3-6-10-20)23(17-19)21-11-7-4-8-12-21/h3-14,17,25H,2,15-16,18H2,1H3. The lowest BCUT2D eigenvalue weighted by atomic mass is 9.93. The van der Waals surface area contributed by atoms with Crippen LogP contribution < -0.4 is 0 Å². The summed E-state index contributed by atoms with van der Waals surface area (Å²) in [5.74, 6) is 0. The van der Waals surface area contributed by atoms with Crippen LogP contribution in [0, 0.1) is 0 Å². The van der Waals surface area contributed by atoms with Crippen LogP contribution in [0.25, 0.3) is 22.3 Å². The van der Waals surface area contributed by atoms with Crippen LogP contribution in [0.3, 0.4) is 0 Å². The highest BCUT2D eigenvalue weighted by Crippen LogP contribution is 2.33. The number of aliphatic hydroxyl groups is 1. The molecule has 0 aliphatic carbocycles. The highest BCUT2D eigenvalue weighted by atomic mass is 16.7. The molecule has 26 heavy (non-hydrogen) atoms. The third kappa shape index (κ3) is 4.58. The molecule has 0 bridgehead atoms. The first-order valence-electron chi connectivity index (χ1n) is 9.04. The van der Waals surface area contributed by atoms with E-state index in [4.69, 9.17) is 4.84 Å². The lowest BCUT2D eigenvalue weighted by molar-refractivity contribution is -0.166. The molecule has 3 aromatic carbocycles. The maximum absolute atomic E-state index is 9.25. The Bertz CT molecular complexity index is 797. The topological polar surface area (TPSA) is 32.7 Å². The van der Waals surface area contributed by atoms with E-state index >= 15 is 0 Å². The summed E-state index contributed by atoms with van der Waals surface area (Å²) in [4.78, 5) is 5.62. The summed E-state index contributed by atoms with van der Waals surface area (Å²) >= 11 is 0. The second-order valence-corrected chi connectivity index (χ2v) is 6.12. The molecule has 0 aliphatic heterocycles. The quantitative estimate of drug-likeness (QED) is 0.596. The summed E-state index contributed by atoms with van der Waals surface area (Å²) in [5, 5.41) is 11.1. The van der Waals surface area contributed by atoms with Gasteiger partial charge in [-0.15, -0.1) is 0 Å². The molecule has 3 aromatic rings. The van der Waals surface area contributed by atoms with Gasteiger partial charge in [0.2, 0.25) is 0 Å². The van der Waals surface area contributed by atoms with E-state index in [1.165, 1.54) is 22.3 Å². The Morgan fingerprint density at radius 1 is 0.808 bits per heavy atom. The number of nitrogens with zero attached hydrogens (tertiary/aromatic N) is 1. The van der Waals surface area contributed by atoms with Crippen LogP contribution in [0.4, 0.5) is 0 Å². The van der Waals surface area contributed by atoms with E-state index in [-0.39, 0.29) is 6.61 Å². The van der Waals surface area contributed by atoms with Crippen LogP contribution in [0.5, 0.6) is 0 Å². The Hall–Kier alpha value is -2.46. The van der Waals surface area contributed by atoms with Gasteiger partial charge in [-0.05, 0) is 40.8 Å². The second-order valence-electron chi connectivity index (χ2n) is 6.12. The maximum Gasteiger partial charge on any atom is 0.0657 e. The summed E-state index contributed by atoms with van der Waals surface area (Å²) in [6.07, 6.45) is 0. The molecule has 0 amide bonds. The first kappa shape index (κ1) is 18.3. The Balaban J connectivity index is 1.99. The molecule has 0 saturated heterocycles. The van der Waals surface area contributed by atoms with E-state index in [1.54, 1.807) is 0 Å². The predicted molar refractivity (Wildman–Crippen MR) is 106 cm³/mol. The first-order chi connectivity index (χ1) is 12.8. The third-order valence-corrected chi connectivity index (χ3v) is 4.27. The second kappa shape index (κ2) is 9.30. The number of hydroxylamine groups is 2. The van der Waals surface area contributed by atoms with Crippen molar-refractivity contribution in [3.63, 3.8) is 0 Å². The zero-order chi connectivity index (χ0) is 18.2. The molecule has 0 heterocycles. The van der Waals surface area contributed by atoms with Crippen molar-refractivity contribution in [3.8, 4) is 22.3 Å². The molecule has 0 aliphatic rings. The van der Waals surface area contributed by atoms with Gasteiger partial charge in [-0.3, -0.25) is 4.84 Å². The molecule has 0 saturated carbocycles. The lowest BCUT2D eigenvalue weighted by Gasteiger charge is -2.21. The van der Waals surface area contributed by atoms with Crippen molar-refractivity contribution in [1.29, 1.82) is 0 Å². The summed E-state index contributed by atoms with van der Waals surface area (Å²) < 4.78 is 0. The average Bonchev–Trinajstić information content (AvgIpc) is 2.70. The van der Waals surface area contributed by atoms with Gasteiger partial charge in [0.05, 0.1) is 13.2 Å². The van der Waals surface area contributed by atoms with Crippen LogP contribution in [-0.2, 0) is 11.4 Å². The fourth-order valence-corrected chi connectivity index (χ4v) is 3.10. The van der Waals surface area contributed by atoms with E-state index in [9.17, 15) is 5.11 Å². The van der Waals surface area contributed by atoms with Crippen molar-refractivity contribution in [2.75, 3.05) is 19.8 Å². The minimum Gasteiger partial charge on any atom is -0.395 e. The normalized spacial score (nSPS) is 11.0. The van der Waals surface area contributed by atoms with Crippen molar-refractivity contribution in [3.05, 3.63) is 84.4 Å². The Morgan fingerprint density at radius 3 is 2.00 bits per heavy atom. The van der Waals surface area contributed by atoms with Crippen LogP contribution in [-0.4, -0.2) is 29.9 Å². The van der Waals surface area contributed by atoms with E-state index in [1.807, 2.05) is 24.1 Å². The fourth-order valence-electron chi connectivity index (χ4n) is 3.10. The summed E-state index contributed by atoms with van der Waals surface area (Å²) in [7, 11) is 0. The van der Waals surface area contributed by atoms with Crippen molar-refractivity contribution >= 4 is 0 Å². The third-order valence-electron chi connectivity index (χ3n) is 4.27. The van der Waals surface area contributed by atoms with E-state index in [2.05, 4.69) is 66.7 Å². The van der Waals surface area contributed by atoms with Gasteiger partial charge in [0, 0.05) is 13.1 Å². The molecule has 0 fully saturated rings. The number of hydrogen-bond acceptors (Lipinski definition) is 3. The van der Waals surface area contributed by atoms with E-state index in [0.29, 0.717) is 19.7 Å². The number of benzene rings is 3. The highest BCUT2D eigenvalue weighted by molar-refractivity contribution is 5.83. The molecule has 0 aromatic heterocycles. The summed E-state index contributed by atoms with van der Waals surface area (Å²) in [5.41, 5.74) is 5.97. The van der Waals surface area contributed by atoms with E-state index in [0.717, 1.165) is 5.56 Å². The van der Waals surface area contributed by atoms with Gasteiger partial charge in [0.15, 0.2) is 0 Å². The number of rotatable bonds is 8. The molecule has 0 atom stereocenters. The minimum absolute atomic E-state index is 0.0770. The first-order valence-corrected chi connectivity index (χ1v) is 9.04. The Kier molecular flexibility index (Phi) is 6.56. The lowest BCUT2D eigenvalue weighted by Crippen LogP contribution is -2.26. The van der Waals surface area contributed by atoms with Crippen molar-refractivity contribution in [2.24, 2.45) is 0 Å². The van der Waals surface area contributed by atoms with Gasteiger partial charge in [-0.1, -0.05) is 72.8 Å². The largest absolute Gasteiger partial charge is 0.395 e. The average molecular weight is 347 g/mol. The number of hydrogen-bond donors (Lipinski definition) is 1. The predicted octanol–water partition coefficient (Wildman–Crippen LogP) is 4.77. The summed E-state index contributed by atoms with van der Waals surface area (Å²) in [6.45, 7) is 3.76. The van der Waals surface area contributed by atoms with Crippen LogP contribution in [0.15, 0.2) is 78.9 Å². The van der Waals surface area contributed by atoms with Gasteiger partial charge in [0.25, 0.3) is 0 Å².